The molecule has 0 saturated heterocycles. The normalized spacial score (nSPS) is 12.5. The minimum Gasteiger partial charge on any atom is -0.469 e. The third-order valence-corrected chi connectivity index (χ3v) is 5.32. The van der Waals surface area contributed by atoms with Crippen molar-refractivity contribution in [2.45, 2.75) is 31.0 Å². The third-order valence-electron chi connectivity index (χ3n) is 4.02. The number of ether oxygens (including phenoxy) is 3. The summed E-state index contributed by atoms with van der Waals surface area (Å²) in [7, 11) is -2.63. The van der Waals surface area contributed by atoms with Gasteiger partial charge in [0.25, 0.3) is 10.1 Å². The quantitative estimate of drug-likeness (QED) is 0.384. The lowest BCUT2D eigenvalue weighted by atomic mass is 10.2. The number of rotatable bonds is 12. The van der Waals surface area contributed by atoms with Crippen molar-refractivity contribution < 1.29 is 31.6 Å². The molecule has 0 bridgehead atoms. The maximum atomic E-state index is 12.4. The Morgan fingerprint density at radius 3 is 2.34 bits per heavy atom. The van der Waals surface area contributed by atoms with Gasteiger partial charge in [0.2, 0.25) is 0 Å². The first kappa shape index (κ1) is 23.0. The zero-order chi connectivity index (χ0) is 21.1. The molecule has 0 aliphatic heterocycles. The number of carbonyl (C=O) groups is 1. The summed E-state index contributed by atoms with van der Waals surface area (Å²) >= 11 is 0. The standard InChI is InChI=1S/C21H26O7S/c1-17-8-10-20(11-9-17)29(23,24)28-16-19(27-13-12-21(22)25-2)15-26-14-18-6-4-3-5-7-18/h3-11,19H,12-16H2,1-2H3. The first-order valence-corrected chi connectivity index (χ1v) is 10.6. The van der Waals surface area contributed by atoms with Crippen LogP contribution in [-0.4, -0.2) is 47.4 Å². The highest BCUT2D eigenvalue weighted by Gasteiger charge is 2.19. The molecule has 7 nitrogen and oxygen atoms in total. The van der Waals surface area contributed by atoms with E-state index >= 15 is 0 Å². The molecule has 0 aromatic heterocycles. The van der Waals surface area contributed by atoms with Gasteiger partial charge in [-0.1, -0.05) is 48.0 Å². The van der Waals surface area contributed by atoms with Crippen LogP contribution in [0.25, 0.3) is 0 Å². The molecule has 1 unspecified atom stereocenters. The highest BCUT2D eigenvalue weighted by molar-refractivity contribution is 7.86. The minimum absolute atomic E-state index is 0.0520. The molecule has 0 heterocycles. The van der Waals surface area contributed by atoms with Crippen LogP contribution in [0.5, 0.6) is 0 Å². The first-order valence-electron chi connectivity index (χ1n) is 9.17. The summed E-state index contributed by atoms with van der Waals surface area (Å²) in [6.45, 7) is 2.17. The van der Waals surface area contributed by atoms with Crippen molar-refractivity contribution in [1.82, 2.24) is 0 Å². The number of benzene rings is 2. The van der Waals surface area contributed by atoms with Crippen molar-refractivity contribution in [3.05, 3.63) is 65.7 Å². The van der Waals surface area contributed by atoms with Crippen LogP contribution in [0.3, 0.4) is 0 Å². The van der Waals surface area contributed by atoms with Crippen molar-refractivity contribution in [2.75, 3.05) is 26.9 Å². The Bertz CT molecular complexity index is 848. The Kier molecular flexibility index (Phi) is 9.27. The smallest absolute Gasteiger partial charge is 0.307 e. The Hall–Kier alpha value is -2.26. The van der Waals surface area contributed by atoms with E-state index in [9.17, 15) is 13.2 Å². The summed E-state index contributed by atoms with van der Waals surface area (Å²) in [5.74, 6) is -0.415. The molecule has 0 N–H and O–H groups in total. The van der Waals surface area contributed by atoms with Crippen LogP contribution in [0.15, 0.2) is 59.5 Å². The van der Waals surface area contributed by atoms with E-state index in [0.29, 0.717) is 6.61 Å². The van der Waals surface area contributed by atoms with Gasteiger partial charge in [0.15, 0.2) is 0 Å². The van der Waals surface area contributed by atoms with Crippen molar-refractivity contribution >= 4 is 16.1 Å². The molecule has 2 aromatic rings. The van der Waals surface area contributed by atoms with Gasteiger partial charge in [-0.15, -0.1) is 0 Å². The van der Waals surface area contributed by atoms with E-state index in [2.05, 4.69) is 4.74 Å². The number of aryl methyl sites for hydroxylation is 1. The molecular formula is C21H26O7S. The number of carbonyl (C=O) groups excluding carboxylic acids is 1. The molecule has 2 rings (SSSR count). The summed E-state index contributed by atoms with van der Waals surface area (Å²) in [5.41, 5.74) is 1.93. The van der Waals surface area contributed by atoms with E-state index in [1.807, 2.05) is 37.3 Å². The van der Waals surface area contributed by atoms with Gasteiger partial charge in [-0.05, 0) is 24.6 Å². The molecule has 0 amide bonds. The van der Waals surface area contributed by atoms with Crippen LogP contribution < -0.4 is 0 Å². The number of hydrogen-bond acceptors (Lipinski definition) is 7. The largest absolute Gasteiger partial charge is 0.469 e. The molecule has 0 fully saturated rings. The number of hydrogen-bond donors (Lipinski definition) is 0. The number of methoxy groups -OCH3 is 1. The van der Waals surface area contributed by atoms with Crippen molar-refractivity contribution in [3.8, 4) is 0 Å². The van der Waals surface area contributed by atoms with Crippen LogP contribution in [0.2, 0.25) is 0 Å². The van der Waals surface area contributed by atoms with Crippen molar-refractivity contribution in [2.24, 2.45) is 0 Å². The van der Waals surface area contributed by atoms with E-state index < -0.39 is 22.2 Å². The average molecular weight is 422 g/mol. The van der Waals surface area contributed by atoms with Crippen molar-refractivity contribution in [3.63, 3.8) is 0 Å². The van der Waals surface area contributed by atoms with Gasteiger partial charge in [-0.3, -0.25) is 8.98 Å². The van der Waals surface area contributed by atoms with E-state index in [-0.39, 0.29) is 31.1 Å². The van der Waals surface area contributed by atoms with E-state index in [0.717, 1.165) is 11.1 Å². The lowest BCUT2D eigenvalue weighted by Gasteiger charge is -2.18. The predicted octanol–water partition coefficient (Wildman–Crippen LogP) is 2.87. The molecule has 1 atom stereocenters. The summed E-state index contributed by atoms with van der Waals surface area (Å²) < 4.78 is 45.7. The molecule has 0 spiro atoms. The molecule has 0 aliphatic rings. The zero-order valence-electron chi connectivity index (χ0n) is 16.6. The average Bonchev–Trinajstić information content (AvgIpc) is 2.72. The molecule has 0 aliphatic carbocycles. The second-order valence-corrected chi connectivity index (χ2v) is 7.99. The molecule has 29 heavy (non-hydrogen) atoms. The minimum atomic E-state index is -3.92. The van der Waals surface area contributed by atoms with Gasteiger partial charge >= 0.3 is 5.97 Å². The Balaban J connectivity index is 1.92. The highest BCUT2D eigenvalue weighted by atomic mass is 32.2. The van der Waals surface area contributed by atoms with Crippen LogP contribution in [0, 0.1) is 6.92 Å². The Morgan fingerprint density at radius 1 is 1.00 bits per heavy atom. The van der Waals surface area contributed by atoms with Crippen LogP contribution in [-0.2, 0) is 39.9 Å². The molecule has 8 heteroatoms. The fourth-order valence-electron chi connectivity index (χ4n) is 2.38. The molecule has 0 radical (unpaired) electrons. The predicted molar refractivity (Wildman–Crippen MR) is 107 cm³/mol. The van der Waals surface area contributed by atoms with Gasteiger partial charge in [0, 0.05) is 0 Å². The maximum Gasteiger partial charge on any atom is 0.307 e. The monoisotopic (exact) mass is 422 g/mol. The first-order chi connectivity index (χ1) is 13.9. The third kappa shape index (κ3) is 8.33. The number of esters is 1. The van der Waals surface area contributed by atoms with Gasteiger partial charge in [0.05, 0.1) is 44.9 Å². The lowest BCUT2D eigenvalue weighted by molar-refractivity contribution is -0.143. The van der Waals surface area contributed by atoms with Crippen LogP contribution in [0.4, 0.5) is 0 Å². The summed E-state index contributed by atoms with van der Waals surface area (Å²) in [6.07, 6.45) is -0.611. The van der Waals surface area contributed by atoms with Gasteiger partial charge in [0.1, 0.15) is 6.10 Å². The van der Waals surface area contributed by atoms with Crippen LogP contribution >= 0.6 is 0 Å². The van der Waals surface area contributed by atoms with Gasteiger partial charge in [-0.2, -0.15) is 8.42 Å². The molecule has 0 saturated carbocycles. The SMILES string of the molecule is COC(=O)CCOC(COCc1ccccc1)COS(=O)(=O)c1ccc(C)cc1. The zero-order valence-corrected chi connectivity index (χ0v) is 17.4. The van der Waals surface area contributed by atoms with E-state index in [4.69, 9.17) is 13.7 Å². The van der Waals surface area contributed by atoms with Crippen molar-refractivity contribution in [1.29, 1.82) is 0 Å². The summed E-state index contributed by atoms with van der Waals surface area (Å²) in [6, 6.07) is 15.9. The second-order valence-electron chi connectivity index (χ2n) is 6.37. The highest BCUT2D eigenvalue weighted by Crippen LogP contribution is 2.14. The lowest BCUT2D eigenvalue weighted by Crippen LogP contribution is -2.28. The molecular weight excluding hydrogens is 396 g/mol. The molecule has 158 valence electrons. The Morgan fingerprint density at radius 2 is 1.69 bits per heavy atom. The van der Waals surface area contributed by atoms with E-state index in [1.165, 1.54) is 19.2 Å². The van der Waals surface area contributed by atoms with E-state index in [1.54, 1.807) is 12.1 Å². The molecule has 2 aromatic carbocycles. The Labute approximate surface area is 171 Å². The summed E-state index contributed by atoms with van der Waals surface area (Å²) in [4.78, 5) is 11.3. The maximum absolute atomic E-state index is 12.4. The fraction of sp³-hybridized carbons (Fsp3) is 0.381. The topological polar surface area (TPSA) is 88.1 Å². The van der Waals surface area contributed by atoms with Gasteiger partial charge < -0.3 is 14.2 Å². The van der Waals surface area contributed by atoms with Gasteiger partial charge in [-0.25, -0.2) is 0 Å². The second kappa shape index (κ2) is 11.7. The van der Waals surface area contributed by atoms with Crippen LogP contribution in [0.1, 0.15) is 17.5 Å². The fourth-order valence-corrected chi connectivity index (χ4v) is 3.31. The summed E-state index contributed by atoms with van der Waals surface area (Å²) in [5, 5.41) is 0.